The van der Waals surface area contributed by atoms with Crippen molar-refractivity contribution < 1.29 is 28.6 Å². The number of nitrogens with one attached hydrogen (secondary N) is 1. The van der Waals surface area contributed by atoms with Gasteiger partial charge in [-0.15, -0.1) is 0 Å². The fourth-order valence-corrected chi connectivity index (χ4v) is 5.75. The average Bonchev–Trinajstić information content (AvgIpc) is 3.28. The van der Waals surface area contributed by atoms with Gasteiger partial charge >= 0.3 is 11.9 Å². The summed E-state index contributed by atoms with van der Waals surface area (Å²) in [6.45, 7) is 5.01. The lowest BCUT2D eigenvalue weighted by Gasteiger charge is -2.45. The van der Waals surface area contributed by atoms with E-state index in [9.17, 15) is 14.4 Å². The Morgan fingerprint density at radius 3 is 2.75 bits per heavy atom. The lowest BCUT2D eigenvalue weighted by atomic mass is 9.72. The number of anilines is 1. The van der Waals surface area contributed by atoms with E-state index >= 15 is 0 Å². The highest BCUT2D eigenvalue weighted by Gasteiger charge is 2.59. The molecule has 0 amide bonds. The van der Waals surface area contributed by atoms with Crippen LogP contribution in [-0.2, 0) is 19.1 Å². The van der Waals surface area contributed by atoms with E-state index in [0.717, 1.165) is 19.5 Å². The van der Waals surface area contributed by atoms with Crippen LogP contribution in [0.1, 0.15) is 43.5 Å². The third-order valence-corrected chi connectivity index (χ3v) is 7.18. The largest absolute Gasteiger partial charge is 0.504 e. The Balaban J connectivity index is 1.70. The van der Waals surface area contributed by atoms with Gasteiger partial charge in [0.25, 0.3) is 0 Å². The van der Waals surface area contributed by atoms with Crippen molar-refractivity contribution in [1.82, 2.24) is 4.90 Å². The number of benzene rings is 1. The number of carbonyl (C=O) groups excluding carboxylic acids is 3. The molecule has 1 spiro atoms. The highest BCUT2D eigenvalue weighted by Crippen LogP contribution is 2.50. The van der Waals surface area contributed by atoms with E-state index in [-0.39, 0.29) is 29.4 Å². The standard InChI is InChI=1S/C24H30N2O6/c1-5-15-12-26-10-9-24(20(26)11-16(15)17(13-30-3)23(29)31-4)22(28)21-18(25-24)7-6-8-19(21)32-14(2)27/h6-8,13,15-16,20,25H,5,9-12H2,1-4H3/b17-13+/t15-,16+,20?,24?/m1/s1. The number of esters is 2. The molecule has 8 nitrogen and oxygen atoms in total. The highest BCUT2D eigenvalue weighted by atomic mass is 16.5. The molecule has 3 aliphatic heterocycles. The highest BCUT2D eigenvalue weighted by molar-refractivity contribution is 6.16. The SMILES string of the molecule is CC[C@@H]1CN2CCC3(Nc4cccc(OC(C)=O)c4C3=O)C2C[C@@H]1/C(=C\OC)C(=O)OC. The minimum atomic E-state index is -0.816. The van der Waals surface area contributed by atoms with Gasteiger partial charge in [-0.1, -0.05) is 19.4 Å². The third kappa shape index (κ3) is 3.46. The molecule has 1 aromatic rings. The van der Waals surface area contributed by atoms with Gasteiger partial charge in [-0.05, 0) is 36.8 Å². The van der Waals surface area contributed by atoms with Crippen molar-refractivity contribution in [3.8, 4) is 5.75 Å². The number of hydrogen-bond donors (Lipinski definition) is 1. The molecular formula is C24H30N2O6. The van der Waals surface area contributed by atoms with Crippen molar-refractivity contribution in [2.24, 2.45) is 11.8 Å². The Labute approximate surface area is 187 Å². The first-order valence-corrected chi connectivity index (χ1v) is 11.1. The van der Waals surface area contributed by atoms with Crippen LogP contribution in [0, 0.1) is 11.8 Å². The maximum absolute atomic E-state index is 13.8. The van der Waals surface area contributed by atoms with Crippen molar-refractivity contribution in [3.05, 3.63) is 35.6 Å². The van der Waals surface area contributed by atoms with Crippen LogP contribution in [0.3, 0.4) is 0 Å². The van der Waals surface area contributed by atoms with E-state index in [0.29, 0.717) is 29.7 Å². The lowest BCUT2D eigenvalue weighted by molar-refractivity contribution is -0.137. The molecule has 0 saturated carbocycles. The molecule has 0 radical (unpaired) electrons. The van der Waals surface area contributed by atoms with Crippen LogP contribution in [0.15, 0.2) is 30.0 Å². The molecule has 0 bridgehead atoms. The number of Topliss-reactive ketones (excluding diaryl/α,β-unsaturated/α-hetero) is 1. The first-order chi connectivity index (χ1) is 15.4. The summed E-state index contributed by atoms with van der Waals surface area (Å²) < 4.78 is 15.6. The maximum atomic E-state index is 13.8. The summed E-state index contributed by atoms with van der Waals surface area (Å²) in [5.41, 5.74) is 0.806. The number of piperidine rings is 1. The molecular weight excluding hydrogens is 412 g/mol. The number of ether oxygens (including phenoxy) is 3. The van der Waals surface area contributed by atoms with Gasteiger partial charge in [0.2, 0.25) is 0 Å². The van der Waals surface area contributed by atoms with Gasteiger partial charge in [0.15, 0.2) is 5.78 Å². The molecule has 2 saturated heterocycles. The molecule has 32 heavy (non-hydrogen) atoms. The van der Waals surface area contributed by atoms with Crippen molar-refractivity contribution in [2.75, 3.05) is 32.6 Å². The average molecular weight is 443 g/mol. The van der Waals surface area contributed by atoms with E-state index in [1.807, 2.05) is 6.07 Å². The molecule has 4 rings (SSSR count). The fourth-order valence-electron chi connectivity index (χ4n) is 5.75. The summed E-state index contributed by atoms with van der Waals surface area (Å²) in [6, 6.07) is 5.16. The van der Waals surface area contributed by atoms with Gasteiger partial charge in [-0.3, -0.25) is 14.5 Å². The van der Waals surface area contributed by atoms with Crippen LogP contribution in [-0.4, -0.2) is 61.5 Å². The third-order valence-electron chi connectivity index (χ3n) is 7.18. The lowest BCUT2D eigenvalue weighted by Crippen LogP contribution is -2.57. The van der Waals surface area contributed by atoms with Crippen molar-refractivity contribution >= 4 is 23.4 Å². The number of methoxy groups -OCH3 is 2. The molecule has 8 heteroatoms. The second kappa shape index (κ2) is 8.58. The first kappa shape index (κ1) is 22.3. The molecule has 2 fully saturated rings. The van der Waals surface area contributed by atoms with Crippen molar-refractivity contribution in [2.45, 2.75) is 44.7 Å². The van der Waals surface area contributed by atoms with Gasteiger partial charge in [0, 0.05) is 31.7 Å². The Bertz CT molecular complexity index is 973. The summed E-state index contributed by atoms with van der Waals surface area (Å²) in [4.78, 5) is 40.3. The monoisotopic (exact) mass is 442 g/mol. The number of hydrogen-bond acceptors (Lipinski definition) is 8. The Hall–Kier alpha value is -2.87. The summed E-state index contributed by atoms with van der Waals surface area (Å²) in [5.74, 6) is -0.470. The second-order valence-electron chi connectivity index (χ2n) is 8.77. The number of fused-ring (bicyclic) bond motifs is 3. The molecule has 1 aromatic carbocycles. The minimum absolute atomic E-state index is 0.0547. The summed E-state index contributed by atoms with van der Waals surface area (Å²) in [7, 11) is 2.89. The summed E-state index contributed by atoms with van der Waals surface area (Å²) >= 11 is 0. The molecule has 3 aliphatic rings. The van der Waals surface area contributed by atoms with Crippen LogP contribution in [0.25, 0.3) is 0 Å². The maximum Gasteiger partial charge on any atom is 0.337 e. The second-order valence-corrected chi connectivity index (χ2v) is 8.77. The van der Waals surface area contributed by atoms with Crippen molar-refractivity contribution in [1.29, 1.82) is 0 Å². The molecule has 1 N–H and O–H groups in total. The molecule has 0 aromatic heterocycles. The molecule has 4 atom stereocenters. The van der Waals surface area contributed by atoms with Crippen molar-refractivity contribution in [3.63, 3.8) is 0 Å². The predicted molar refractivity (Wildman–Crippen MR) is 117 cm³/mol. The quantitative estimate of drug-likeness (QED) is 0.322. The minimum Gasteiger partial charge on any atom is -0.504 e. The number of rotatable bonds is 5. The van der Waals surface area contributed by atoms with Gasteiger partial charge < -0.3 is 19.5 Å². The molecule has 2 unspecified atom stereocenters. The van der Waals surface area contributed by atoms with Gasteiger partial charge in [-0.25, -0.2) is 4.79 Å². The van der Waals surface area contributed by atoms with Crippen LogP contribution in [0.4, 0.5) is 5.69 Å². The van der Waals surface area contributed by atoms with E-state index in [1.54, 1.807) is 12.1 Å². The Morgan fingerprint density at radius 2 is 2.09 bits per heavy atom. The topological polar surface area (TPSA) is 94.2 Å². The van der Waals surface area contributed by atoms with Crippen LogP contribution >= 0.6 is 0 Å². The van der Waals surface area contributed by atoms with Gasteiger partial charge in [-0.2, -0.15) is 0 Å². The number of nitrogens with zero attached hydrogens (tertiary/aromatic N) is 1. The zero-order valence-corrected chi connectivity index (χ0v) is 19.0. The van der Waals surface area contributed by atoms with E-state index in [1.165, 1.54) is 27.4 Å². The molecule has 0 aliphatic carbocycles. The Kier molecular flexibility index (Phi) is 5.99. The van der Waals surface area contributed by atoms with E-state index in [4.69, 9.17) is 14.2 Å². The fraction of sp³-hybridized carbons (Fsp3) is 0.542. The molecule has 3 heterocycles. The van der Waals surface area contributed by atoms with E-state index < -0.39 is 17.5 Å². The van der Waals surface area contributed by atoms with Crippen LogP contribution in [0.5, 0.6) is 5.75 Å². The number of ketones is 1. The van der Waals surface area contributed by atoms with Gasteiger partial charge in [0.05, 0.1) is 31.6 Å². The van der Waals surface area contributed by atoms with Gasteiger partial charge in [0.1, 0.15) is 11.3 Å². The van der Waals surface area contributed by atoms with Crippen LogP contribution in [0.2, 0.25) is 0 Å². The first-order valence-electron chi connectivity index (χ1n) is 11.1. The normalized spacial score (nSPS) is 29.3. The molecule has 172 valence electrons. The zero-order chi connectivity index (χ0) is 23.0. The predicted octanol–water partition coefficient (Wildman–Crippen LogP) is 2.78. The summed E-state index contributed by atoms with van der Waals surface area (Å²) in [6.07, 6.45) is 3.65. The zero-order valence-electron chi connectivity index (χ0n) is 19.0. The Morgan fingerprint density at radius 1 is 1.31 bits per heavy atom. The van der Waals surface area contributed by atoms with E-state index in [2.05, 4.69) is 17.1 Å². The van der Waals surface area contributed by atoms with Crippen LogP contribution < -0.4 is 10.1 Å². The number of carbonyl (C=O) groups is 3. The summed E-state index contributed by atoms with van der Waals surface area (Å²) in [5, 5.41) is 3.49. The smallest absolute Gasteiger partial charge is 0.337 e.